The predicted octanol–water partition coefficient (Wildman–Crippen LogP) is 1.19. The van der Waals surface area contributed by atoms with Crippen LogP contribution in [0.2, 0.25) is 0 Å². The minimum atomic E-state index is -0.315. The van der Waals surface area contributed by atoms with Crippen LogP contribution in [0.1, 0.15) is 16.2 Å². The standard InChI is InChI=1S/C14H13N3O3/c1-11-9-13(17-20-11)14(18)16-7-2-3-8-19-12-5-4-6-15-10-12/h4-6,9-10H,7-8H2,1H3,(H,16,18). The van der Waals surface area contributed by atoms with E-state index in [0.717, 1.165) is 0 Å². The van der Waals surface area contributed by atoms with Gasteiger partial charge in [0.15, 0.2) is 5.69 Å². The molecule has 1 amide bonds. The number of nitrogens with one attached hydrogen (secondary N) is 1. The Bertz CT molecular complexity index is 626. The van der Waals surface area contributed by atoms with E-state index in [1.165, 1.54) is 0 Å². The molecule has 0 radical (unpaired) electrons. The van der Waals surface area contributed by atoms with Crippen LogP contribution in [0, 0.1) is 18.8 Å². The number of pyridine rings is 1. The van der Waals surface area contributed by atoms with Crippen LogP contribution in [0.25, 0.3) is 0 Å². The fourth-order valence-electron chi connectivity index (χ4n) is 1.35. The lowest BCUT2D eigenvalue weighted by Crippen LogP contribution is -2.23. The Kier molecular flexibility index (Phi) is 4.73. The van der Waals surface area contributed by atoms with Crippen LogP contribution in [-0.2, 0) is 0 Å². The first kappa shape index (κ1) is 13.6. The summed E-state index contributed by atoms with van der Waals surface area (Å²) in [5.74, 6) is 6.49. The molecule has 0 fully saturated rings. The molecule has 2 aromatic heterocycles. The summed E-state index contributed by atoms with van der Waals surface area (Å²) in [5, 5.41) is 6.21. The number of carbonyl (C=O) groups is 1. The number of hydrogen-bond donors (Lipinski definition) is 1. The number of rotatable bonds is 4. The molecule has 0 unspecified atom stereocenters. The highest BCUT2D eigenvalue weighted by Crippen LogP contribution is 2.04. The second-order valence-corrected chi connectivity index (χ2v) is 3.84. The summed E-state index contributed by atoms with van der Waals surface area (Å²) in [6.07, 6.45) is 3.27. The van der Waals surface area contributed by atoms with E-state index in [4.69, 9.17) is 9.26 Å². The number of amides is 1. The van der Waals surface area contributed by atoms with Gasteiger partial charge in [-0.05, 0) is 19.1 Å². The number of carbonyl (C=O) groups excluding carboxylic acids is 1. The Morgan fingerprint density at radius 1 is 1.50 bits per heavy atom. The normalized spacial score (nSPS) is 9.45. The molecule has 0 aromatic carbocycles. The number of nitrogens with zero attached hydrogens (tertiary/aromatic N) is 2. The fourth-order valence-corrected chi connectivity index (χ4v) is 1.35. The molecule has 0 saturated carbocycles. The number of aromatic nitrogens is 2. The Morgan fingerprint density at radius 3 is 3.10 bits per heavy atom. The van der Waals surface area contributed by atoms with Crippen LogP contribution in [0.4, 0.5) is 0 Å². The predicted molar refractivity (Wildman–Crippen MR) is 71.1 cm³/mol. The van der Waals surface area contributed by atoms with Crippen molar-refractivity contribution in [3.05, 3.63) is 42.0 Å². The lowest BCUT2D eigenvalue weighted by Gasteiger charge is -1.99. The first-order valence-electron chi connectivity index (χ1n) is 5.96. The summed E-state index contributed by atoms with van der Waals surface area (Å²) < 4.78 is 10.1. The van der Waals surface area contributed by atoms with Crippen molar-refractivity contribution in [3.63, 3.8) is 0 Å². The molecular formula is C14H13N3O3. The van der Waals surface area contributed by atoms with Gasteiger partial charge in [-0.3, -0.25) is 9.78 Å². The zero-order valence-corrected chi connectivity index (χ0v) is 10.9. The van der Waals surface area contributed by atoms with Gasteiger partial charge in [0.25, 0.3) is 5.91 Å². The van der Waals surface area contributed by atoms with Crippen LogP contribution in [-0.4, -0.2) is 29.2 Å². The fraction of sp³-hybridized carbons (Fsp3) is 0.214. The summed E-state index contributed by atoms with van der Waals surface area (Å²) in [5.41, 5.74) is 0.246. The average Bonchev–Trinajstić information content (AvgIpc) is 2.90. The lowest BCUT2D eigenvalue weighted by atomic mass is 10.3. The number of ether oxygens (including phenoxy) is 1. The third kappa shape index (κ3) is 4.14. The minimum absolute atomic E-state index is 0.223. The molecule has 2 rings (SSSR count). The molecule has 20 heavy (non-hydrogen) atoms. The highest BCUT2D eigenvalue weighted by atomic mass is 16.5. The molecule has 2 aromatic rings. The molecule has 6 nitrogen and oxygen atoms in total. The van der Waals surface area contributed by atoms with Crippen molar-refractivity contribution in [2.45, 2.75) is 6.92 Å². The smallest absolute Gasteiger partial charge is 0.274 e. The minimum Gasteiger partial charge on any atom is -0.479 e. The van der Waals surface area contributed by atoms with Gasteiger partial charge in [0.1, 0.15) is 18.1 Å². The molecule has 0 aliphatic heterocycles. The van der Waals surface area contributed by atoms with Gasteiger partial charge in [-0.2, -0.15) is 0 Å². The molecule has 0 saturated heterocycles. The largest absolute Gasteiger partial charge is 0.479 e. The molecule has 0 atom stereocenters. The monoisotopic (exact) mass is 271 g/mol. The summed E-state index contributed by atoms with van der Waals surface area (Å²) in [7, 11) is 0. The van der Waals surface area contributed by atoms with E-state index in [0.29, 0.717) is 11.5 Å². The van der Waals surface area contributed by atoms with Gasteiger partial charge in [0, 0.05) is 12.3 Å². The zero-order chi connectivity index (χ0) is 14.2. The van der Waals surface area contributed by atoms with Gasteiger partial charge in [-0.25, -0.2) is 0 Å². The van der Waals surface area contributed by atoms with Crippen LogP contribution in [0.15, 0.2) is 35.1 Å². The third-order valence-electron chi connectivity index (χ3n) is 2.27. The molecule has 0 aliphatic rings. The zero-order valence-electron chi connectivity index (χ0n) is 10.9. The van der Waals surface area contributed by atoms with Crippen molar-refractivity contribution in [1.82, 2.24) is 15.5 Å². The van der Waals surface area contributed by atoms with Gasteiger partial charge in [0.05, 0.1) is 12.7 Å². The Morgan fingerprint density at radius 2 is 2.40 bits per heavy atom. The van der Waals surface area contributed by atoms with E-state index >= 15 is 0 Å². The van der Waals surface area contributed by atoms with Gasteiger partial charge >= 0.3 is 0 Å². The molecule has 0 bridgehead atoms. The van der Waals surface area contributed by atoms with Crippen LogP contribution in [0.5, 0.6) is 5.75 Å². The van der Waals surface area contributed by atoms with E-state index in [-0.39, 0.29) is 24.8 Å². The molecule has 1 N–H and O–H groups in total. The SMILES string of the molecule is Cc1cc(C(=O)NCC#CCOc2cccnc2)no1. The van der Waals surface area contributed by atoms with E-state index in [2.05, 4.69) is 27.3 Å². The van der Waals surface area contributed by atoms with E-state index in [1.807, 2.05) is 0 Å². The van der Waals surface area contributed by atoms with Crippen molar-refractivity contribution in [2.75, 3.05) is 13.2 Å². The highest BCUT2D eigenvalue weighted by Gasteiger charge is 2.08. The summed E-state index contributed by atoms with van der Waals surface area (Å²) in [6.45, 7) is 2.19. The first-order chi connectivity index (χ1) is 9.75. The number of aryl methyl sites for hydroxylation is 1. The lowest BCUT2D eigenvalue weighted by molar-refractivity contribution is 0.0949. The summed E-state index contributed by atoms with van der Waals surface area (Å²) in [4.78, 5) is 15.5. The maximum Gasteiger partial charge on any atom is 0.274 e. The van der Waals surface area contributed by atoms with Crippen LogP contribution < -0.4 is 10.1 Å². The molecule has 6 heteroatoms. The molecule has 0 aliphatic carbocycles. The molecular weight excluding hydrogens is 258 g/mol. The quantitative estimate of drug-likeness (QED) is 0.845. The molecule has 0 spiro atoms. The third-order valence-corrected chi connectivity index (χ3v) is 2.27. The van der Waals surface area contributed by atoms with Gasteiger partial charge < -0.3 is 14.6 Å². The Balaban J connectivity index is 1.69. The summed E-state index contributed by atoms with van der Waals surface area (Å²) in [6, 6.07) is 5.14. The Hall–Kier alpha value is -2.81. The van der Waals surface area contributed by atoms with Crippen LogP contribution in [0.3, 0.4) is 0 Å². The van der Waals surface area contributed by atoms with Crippen molar-refractivity contribution < 1.29 is 14.1 Å². The maximum absolute atomic E-state index is 11.6. The van der Waals surface area contributed by atoms with Crippen molar-refractivity contribution in [3.8, 4) is 17.6 Å². The van der Waals surface area contributed by atoms with Crippen molar-refractivity contribution in [2.24, 2.45) is 0 Å². The summed E-state index contributed by atoms with van der Waals surface area (Å²) >= 11 is 0. The van der Waals surface area contributed by atoms with Crippen LogP contribution >= 0.6 is 0 Å². The van der Waals surface area contributed by atoms with Gasteiger partial charge in [-0.15, -0.1) is 0 Å². The second-order valence-electron chi connectivity index (χ2n) is 3.84. The van der Waals surface area contributed by atoms with Gasteiger partial charge in [0.2, 0.25) is 0 Å². The van der Waals surface area contributed by atoms with Crippen molar-refractivity contribution in [1.29, 1.82) is 0 Å². The topological polar surface area (TPSA) is 77.2 Å². The van der Waals surface area contributed by atoms with E-state index < -0.39 is 0 Å². The Labute approximate surface area is 116 Å². The second kappa shape index (κ2) is 6.95. The first-order valence-corrected chi connectivity index (χ1v) is 5.96. The highest BCUT2D eigenvalue weighted by molar-refractivity contribution is 5.92. The molecule has 102 valence electrons. The average molecular weight is 271 g/mol. The van der Waals surface area contributed by atoms with E-state index in [9.17, 15) is 4.79 Å². The van der Waals surface area contributed by atoms with E-state index in [1.54, 1.807) is 37.5 Å². The van der Waals surface area contributed by atoms with Crippen molar-refractivity contribution >= 4 is 5.91 Å². The number of hydrogen-bond acceptors (Lipinski definition) is 5. The molecule has 2 heterocycles. The maximum atomic E-state index is 11.6. The van der Waals surface area contributed by atoms with Gasteiger partial charge in [-0.1, -0.05) is 17.0 Å².